The summed E-state index contributed by atoms with van der Waals surface area (Å²) < 4.78 is 10.8. The molecule has 0 atom stereocenters. The van der Waals surface area contributed by atoms with Crippen LogP contribution in [0.15, 0.2) is 42.5 Å². The van der Waals surface area contributed by atoms with Gasteiger partial charge in [-0.25, -0.2) is 0 Å². The van der Waals surface area contributed by atoms with Crippen molar-refractivity contribution < 1.29 is 19.1 Å². The molecule has 0 heterocycles. The lowest BCUT2D eigenvalue weighted by molar-refractivity contribution is -0.117. The summed E-state index contributed by atoms with van der Waals surface area (Å²) in [6.45, 7) is 3.78. The fourth-order valence-electron chi connectivity index (χ4n) is 2.19. The molecule has 0 aromatic heterocycles. The maximum absolute atomic E-state index is 12.2. The van der Waals surface area contributed by atoms with Crippen LogP contribution in [0.1, 0.15) is 29.8 Å². The molecule has 0 spiro atoms. The van der Waals surface area contributed by atoms with Crippen LogP contribution in [0.4, 0.5) is 0 Å². The van der Waals surface area contributed by atoms with Crippen LogP contribution in [-0.2, 0) is 4.79 Å². The molecular formula is C20H20Cl2N2O4. The van der Waals surface area contributed by atoms with Gasteiger partial charge in [-0.2, -0.15) is 0 Å². The lowest BCUT2D eigenvalue weighted by Crippen LogP contribution is -2.40. The fraction of sp³-hybridized carbons (Fsp3) is 0.200. The summed E-state index contributed by atoms with van der Waals surface area (Å²) in [4.78, 5) is 24.1. The van der Waals surface area contributed by atoms with E-state index in [4.69, 9.17) is 32.7 Å². The molecule has 2 amide bonds. The van der Waals surface area contributed by atoms with Crippen molar-refractivity contribution in [1.29, 1.82) is 0 Å². The van der Waals surface area contributed by atoms with Crippen molar-refractivity contribution in [2.24, 2.45) is 0 Å². The van der Waals surface area contributed by atoms with E-state index in [1.54, 1.807) is 30.3 Å². The number of methoxy groups -OCH3 is 1. The van der Waals surface area contributed by atoms with Crippen LogP contribution in [0.5, 0.6) is 11.5 Å². The number of nitrogens with one attached hydrogen (secondary N) is 2. The number of rotatable bonds is 6. The van der Waals surface area contributed by atoms with Crippen LogP contribution < -0.4 is 20.3 Å². The van der Waals surface area contributed by atoms with Crippen LogP contribution >= 0.6 is 23.2 Å². The Morgan fingerprint density at radius 3 is 2.43 bits per heavy atom. The van der Waals surface area contributed by atoms with Crippen molar-refractivity contribution in [2.45, 2.75) is 20.0 Å². The monoisotopic (exact) mass is 422 g/mol. The zero-order chi connectivity index (χ0) is 20.7. The second-order valence-corrected chi connectivity index (χ2v) is 6.82. The van der Waals surface area contributed by atoms with Crippen molar-refractivity contribution in [3.8, 4) is 11.5 Å². The molecule has 0 bridgehead atoms. The van der Waals surface area contributed by atoms with E-state index in [9.17, 15) is 9.59 Å². The molecule has 2 N–H and O–H groups in total. The van der Waals surface area contributed by atoms with Crippen LogP contribution in [0.2, 0.25) is 10.0 Å². The van der Waals surface area contributed by atoms with Gasteiger partial charge in [0.1, 0.15) is 0 Å². The molecule has 0 aliphatic carbocycles. The summed E-state index contributed by atoms with van der Waals surface area (Å²) in [5.41, 5.74) is 5.56. The molecule has 0 aliphatic rings. The third-order valence-corrected chi connectivity index (χ3v) is 4.03. The second kappa shape index (κ2) is 10.0. The van der Waals surface area contributed by atoms with Gasteiger partial charge in [0.25, 0.3) is 11.8 Å². The first-order chi connectivity index (χ1) is 13.3. The normalized spacial score (nSPS) is 10.8. The Bertz CT molecular complexity index is 898. The van der Waals surface area contributed by atoms with E-state index in [1.807, 2.05) is 13.8 Å². The van der Waals surface area contributed by atoms with Gasteiger partial charge in [-0.1, -0.05) is 29.3 Å². The highest BCUT2D eigenvalue weighted by Gasteiger charge is 2.12. The number of ether oxygens (including phenoxy) is 2. The molecule has 8 heteroatoms. The second-order valence-electron chi connectivity index (χ2n) is 5.97. The van der Waals surface area contributed by atoms with E-state index >= 15 is 0 Å². The van der Waals surface area contributed by atoms with Gasteiger partial charge in [-0.05, 0) is 55.8 Å². The Morgan fingerprint density at radius 1 is 1.04 bits per heavy atom. The van der Waals surface area contributed by atoms with Gasteiger partial charge in [0.15, 0.2) is 11.5 Å². The maximum atomic E-state index is 12.2. The van der Waals surface area contributed by atoms with Crippen molar-refractivity contribution >= 4 is 41.1 Å². The SMILES string of the molecule is COc1cc(C(=O)NNC(=O)/C=C/c2ccc(Cl)cc2Cl)ccc1OC(C)C. The Hall–Kier alpha value is -2.70. The lowest BCUT2D eigenvalue weighted by Gasteiger charge is -2.14. The smallest absolute Gasteiger partial charge is 0.269 e. The maximum Gasteiger partial charge on any atom is 0.269 e. The predicted molar refractivity (Wildman–Crippen MR) is 110 cm³/mol. The van der Waals surface area contributed by atoms with E-state index in [-0.39, 0.29) is 6.10 Å². The molecule has 2 aromatic rings. The Labute approximate surface area is 173 Å². The first-order valence-corrected chi connectivity index (χ1v) is 9.14. The van der Waals surface area contributed by atoms with E-state index in [0.717, 1.165) is 0 Å². The van der Waals surface area contributed by atoms with E-state index < -0.39 is 11.8 Å². The number of hydrogen-bond acceptors (Lipinski definition) is 4. The molecule has 0 radical (unpaired) electrons. The molecule has 0 unspecified atom stereocenters. The summed E-state index contributed by atoms with van der Waals surface area (Å²) in [5.74, 6) is -0.0717. The minimum atomic E-state index is -0.522. The quantitative estimate of drug-likeness (QED) is 0.538. The van der Waals surface area contributed by atoms with Gasteiger partial charge in [0, 0.05) is 21.7 Å². The summed E-state index contributed by atoms with van der Waals surface area (Å²) in [7, 11) is 1.48. The summed E-state index contributed by atoms with van der Waals surface area (Å²) in [6, 6.07) is 9.65. The molecule has 0 aliphatic heterocycles. The highest BCUT2D eigenvalue weighted by atomic mass is 35.5. The molecule has 2 rings (SSSR count). The first kappa shape index (κ1) is 21.6. The largest absolute Gasteiger partial charge is 0.493 e. The number of carbonyl (C=O) groups is 2. The van der Waals surface area contributed by atoms with Crippen LogP contribution in [0.25, 0.3) is 6.08 Å². The minimum absolute atomic E-state index is 0.0335. The zero-order valence-electron chi connectivity index (χ0n) is 15.6. The summed E-state index contributed by atoms with van der Waals surface area (Å²) >= 11 is 11.9. The topological polar surface area (TPSA) is 76.7 Å². The van der Waals surface area contributed by atoms with Crippen LogP contribution in [0.3, 0.4) is 0 Å². The van der Waals surface area contributed by atoms with Gasteiger partial charge >= 0.3 is 0 Å². The molecule has 2 aromatic carbocycles. The molecule has 148 valence electrons. The first-order valence-electron chi connectivity index (χ1n) is 8.38. The van der Waals surface area contributed by atoms with Crippen molar-refractivity contribution in [3.05, 3.63) is 63.6 Å². The van der Waals surface area contributed by atoms with Crippen molar-refractivity contribution in [2.75, 3.05) is 7.11 Å². The number of amides is 2. The summed E-state index contributed by atoms with van der Waals surface area (Å²) in [6.07, 6.45) is 2.73. The van der Waals surface area contributed by atoms with E-state index in [2.05, 4.69) is 10.9 Å². The minimum Gasteiger partial charge on any atom is -0.493 e. The van der Waals surface area contributed by atoms with Gasteiger partial charge in [-0.3, -0.25) is 20.4 Å². The zero-order valence-corrected chi connectivity index (χ0v) is 17.1. The van der Waals surface area contributed by atoms with Crippen LogP contribution in [-0.4, -0.2) is 25.0 Å². The Kier molecular flexibility index (Phi) is 7.72. The van der Waals surface area contributed by atoms with Crippen LogP contribution in [0, 0.1) is 0 Å². The van der Waals surface area contributed by atoms with E-state index in [0.29, 0.717) is 32.7 Å². The highest BCUT2D eigenvalue weighted by molar-refractivity contribution is 6.35. The van der Waals surface area contributed by atoms with E-state index in [1.165, 1.54) is 25.3 Å². The molecule has 6 nitrogen and oxygen atoms in total. The van der Waals surface area contributed by atoms with Gasteiger partial charge in [0.05, 0.1) is 13.2 Å². The van der Waals surface area contributed by atoms with Gasteiger partial charge in [-0.15, -0.1) is 0 Å². The fourth-order valence-corrected chi connectivity index (χ4v) is 2.67. The van der Waals surface area contributed by atoms with Gasteiger partial charge in [0.2, 0.25) is 0 Å². The highest BCUT2D eigenvalue weighted by Crippen LogP contribution is 2.29. The third-order valence-electron chi connectivity index (χ3n) is 3.46. The molecule has 28 heavy (non-hydrogen) atoms. The Balaban J connectivity index is 1.97. The molecule has 0 fully saturated rings. The number of hydrogen-bond donors (Lipinski definition) is 2. The number of halogens is 2. The standard InChI is InChI=1S/C20H20Cl2N2O4/c1-12(2)28-17-8-5-14(10-18(17)27-3)20(26)24-23-19(25)9-6-13-4-7-15(21)11-16(13)22/h4-12H,1-3H3,(H,23,25)(H,24,26)/b9-6+. The number of hydrazine groups is 1. The molecule has 0 saturated carbocycles. The average Bonchev–Trinajstić information content (AvgIpc) is 2.65. The Morgan fingerprint density at radius 2 is 1.79 bits per heavy atom. The predicted octanol–water partition coefficient (Wildman–Crippen LogP) is 4.26. The van der Waals surface area contributed by atoms with Gasteiger partial charge < -0.3 is 9.47 Å². The van der Waals surface area contributed by atoms with Crippen molar-refractivity contribution in [3.63, 3.8) is 0 Å². The summed E-state index contributed by atoms with van der Waals surface area (Å²) in [5, 5.41) is 0.912. The third kappa shape index (κ3) is 6.18. The molecule has 0 saturated heterocycles. The average molecular weight is 423 g/mol. The number of benzene rings is 2. The number of carbonyl (C=O) groups excluding carboxylic acids is 2. The lowest BCUT2D eigenvalue weighted by atomic mass is 10.2. The molecular weight excluding hydrogens is 403 g/mol. The van der Waals surface area contributed by atoms with Crippen molar-refractivity contribution in [1.82, 2.24) is 10.9 Å².